The van der Waals surface area contributed by atoms with E-state index >= 15 is 0 Å². The minimum absolute atomic E-state index is 0.251. The van der Waals surface area contributed by atoms with Crippen molar-refractivity contribution in [2.45, 2.75) is 19.4 Å². The first-order valence-electron chi connectivity index (χ1n) is 10.5. The molecular weight excluding hydrogens is 483 g/mol. The van der Waals surface area contributed by atoms with Crippen LogP contribution in [0.25, 0.3) is 5.57 Å². The largest absolute Gasteiger partial charge is 0.442 e. The molecule has 0 saturated carbocycles. The smallest absolute Gasteiger partial charge is 0.433 e. The molecule has 0 aliphatic carbocycles. The number of furan rings is 1. The van der Waals surface area contributed by atoms with Crippen LogP contribution in [-0.4, -0.2) is 58.2 Å². The molecule has 3 heterocycles. The molecule has 12 heteroatoms. The minimum atomic E-state index is -0.619. The summed E-state index contributed by atoms with van der Waals surface area (Å²) in [5.74, 6) is -0.558. The third-order valence-corrected chi connectivity index (χ3v) is 6.15. The van der Waals surface area contributed by atoms with E-state index in [0.29, 0.717) is 53.8 Å². The molecule has 0 bridgehead atoms. The van der Waals surface area contributed by atoms with Crippen molar-refractivity contribution in [2.24, 2.45) is 0 Å². The predicted octanol–water partition coefficient (Wildman–Crippen LogP) is 4.05. The van der Waals surface area contributed by atoms with Crippen molar-refractivity contribution in [1.29, 1.82) is 0 Å². The number of benzene rings is 1. The number of amides is 1. The summed E-state index contributed by atoms with van der Waals surface area (Å²) in [5, 5.41) is 13.8. The molecule has 2 aliphatic heterocycles. The minimum Gasteiger partial charge on any atom is -0.442 e. The molecule has 1 aromatic carbocycles. The molecule has 1 saturated heterocycles. The molecule has 9 nitrogen and oxygen atoms in total. The van der Waals surface area contributed by atoms with Gasteiger partial charge in [-0.2, -0.15) is 0 Å². The van der Waals surface area contributed by atoms with Gasteiger partial charge in [0.15, 0.2) is 5.76 Å². The average Bonchev–Trinajstić information content (AvgIpc) is 3.44. The Morgan fingerprint density at radius 1 is 1.32 bits per heavy atom. The summed E-state index contributed by atoms with van der Waals surface area (Å²) in [6.45, 7) is 3.36. The maximum absolute atomic E-state index is 15.0. The lowest BCUT2D eigenvalue weighted by Crippen LogP contribution is -2.33. The lowest BCUT2D eigenvalue weighted by molar-refractivity contribution is -0.402. The number of carbonyl (C=O) groups excluding carboxylic acids is 1. The number of cyclic esters (lactones) is 1. The van der Waals surface area contributed by atoms with Crippen LogP contribution in [-0.2, 0) is 4.74 Å². The Morgan fingerprint density at radius 2 is 2.12 bits per heavy atom. The van der Waals surface area contributed by atoms with E-state index in [2.05, 4.69) is 5.32 Å². The summed E-state index contributed by atoms with van der Waals surface area (Å²) in [5.41, 5.74) is 1.69. The van der Waals surface area contributed by atoms with E-state index in [-0.39, 0.29) is 17.7 Å². The number of nitrogens with zero attached hydrogens (tertiary/aromatic N) is 3. The number of thiocarbonyl (C=S) groups is 2. The van der Waals surface area contributed by atoms with E-state index in [1.807, 2.05) is 11.0 Å². The van der Waals surface area contributed by atoms with Gasteiger partial charge in [-0.3, -0.25) is 15.0 Å². The topological polar surface area (TPSA) is 101 Å². The molecule has 1 amide bonds. The Hall–Kier alpha value is -3.38. The number of ether oxygens (including phenoxy) is 1. The Balaban J connectivity index is 1.42. The maximum Gasteiger partial charge on any atom is 0.433 e. The first-order valence-corrected chi connectivity index (χ1v) is 11.3. The number of anilines is 1. The third-order valence-electron chi connectivity index (χ3n) is 5.54. The lowest BCUT2D eigenvalue weighted by Gasteiger charge is -2.28. The summed E-state index contributed by atoms with van der Waals surface area (Å²) in [4.78, 5) is 26.6. The zero-order valence-corrected chi connectivity index (χ0v) is 19.8. The van der Waals surface area contributed by atoms with Gasteiger partial charge in [0.1, 0.15) is 21.8 Å². The lowest BCUT2D eigenvalue weighted by atomic mass is 9.98. The fourth-order valence-electron chi connectivity index (χ4n) is 3.82. The highest BCUT2D eigenvalue weighted by Crippen LogP contribution is 2.30. The van der Waals surface area contributed by atoms with Gasteiger partial charge in [-0.25, -0.2) is 9.18 Å². The fourth-order valence-corrected chi connectivity index (χ4v) is 4.18. The number of carbonyl (C=O) groups is 1. The van der Waals surface area contributed by atoms with E-state index in [1.54, 1.807) is 19.1 Å². The molecule has 2 aromatic rings. The van der Waals surface area contributed by atoms with Crippen molar-refractivity contribution in [2.75, 3.05) is 31.1 Å². The predicted molar refractivity (Wildman–Crippen MR) is 132 cm³/mol. The molecule has 2 aliphatic rings. The SMILES string of the molecule is CC(=S)NC[C@H]1CN(c2ccc(C3=CCN(C(=S)c4ccc([N+](=O)[O-])o4)CC3)c(F)c2)C(=O)O1. The average molecular weight is 505 g/mol. The first kappa shape index (κ1) is 23.8. The van der Waals surface area contributed by atoms with Gasteiger partial charge in [0.2, 0.25) is 0 Å². The van der Waals surface area contributed by atoms with Crippen molar-refractivity contribution in [3.05, 3.63) is 63.7 Å². The van der Waals surface area contributed by atoms with Gasteiger partial charge in [-0.05, 0) is 43.2 Å². The quantitative estimate of drug-likeness (QED) is 0.355. The summed E-state index contributed by atoms with van der Waals surface area (Å²) in [7, 11) is 0. The highest BCUT2D eigenvalue weighted by molar-refractivity contribution is 7.80. The van der Waals surface area contributed by atoms with Gasteiger partial charge in [-0.15, -0.1) is 0 Å². The zero-order chi connectivity index (χ0) is 24.4. The van der Waals surface area contributed by atoms with Crippen LogP contribution in [0.3, 0.4) is 0 Å². The first-order chi connectivity index (χ1) is 16.2. The van der Waals surface area contributed by atoms with Crippen LogP contribution in [0.15, 0.2) is 40.8 Å². The number of hydrogen-bond acceptors (Lipinski definition) is 7. The summed E-state index contributed by atoms with van der Waals surface area (Å²) >= 11 is 10.4. The Kier molecular flexibility index (Phi) is 6.89. The Morgan fingerprint density at radius 3 is 2.74 bits per heavy atom. The number of rotatable bonds is 6. The summed E-state index contributed by atoms with van der Waals surface area (Å²) in [6.07, 6.45) is 1.49. The van der Waals surface area contributed by atoms with Gasteiger partial charge in [-0.1, -0.05) is 30.5 Å². The molecule has 1 aromatic heterocycles. The van der Waals surface area contributed by atoms with E-state index in [9.17, 15) is 19.3 Å². The van der Waals surface area contributed by atoms with Crippen molar-refractivity contribution in [3.63, 3.8) is 0 Å². The highest BCUT2D eigenvalue weighted by atomic mass is 32.1. The van der Waals surface area contributed by atoms with E-state index < -0.39 is 16.8 Å². The molecule has 0 spiro atoms. The second-order valence-electron chi connectivity index (χ2n) is 7.84. The van der Waals surface area contributed by atoms with E-state index in [1.165, 1.54) is 23.1 Å². The van der Waals surface area contributed by atoms with Crippen LogP contribution in [0.5, 0.6) is 0 Å². The monoisotopic (exact) mass is 504 g/mol. The van der Waals surface area contributed by atoms with E-state index in [4.69, 9.17) is 33.6 Å². The molecular formula is C22H21FN4O5S2. The van der Waals surface area contributed by atoms with Gasteiger partial charge in [0.05, 0.1) is 29.8 Å². The van der Waals surface area contributed by atoms with Gasteiger partial charge in [0.25, 0.3) is 0 Å². The Labute approximate surface area is 205 Å². The summed E-state index contributed by atoms with van der Waals surface area (Å²) < 4.78 is 25.5. The molecule has 0 unspecified atom stereocenters. The molecule has 178 valence electrons. The van der Waals surface area contributed by atoms with Crippen LogP contribution in [0.1, 0.15) is 24.7 Å². The second kappa shape index (κ2) is 9.85. The third kappa shape index (κ3) is 5.07. The van der Waals surface area contributed by atoms with Crippen molar-refractivity contribution >= 4 is 57.7 Å². The molecule has 4 rings (SSSR count). The Bertz CT molecular complexity index is 1200. The molecule has 1 atom stereocenters. The molecule has 1 N–H and O–H groups in total. The van der Waals surface area contributed by atoms with Crippen molar-refractivity contribution in [3.8, 4) is 0 Å². The standard InChI is InChI=1S/C22H21FN4O5S2/c1-13(33)24-11-16-12-26(22(28)31-16)15-2-3-17(18(23)10-15)14-6-8-25(9-7-14)21(34)19-4-5-20(32-19)27(29)30/h2-6,10,16H,7-9,11-12H2,1H3,(H,24,33)/t16-/m0/s1. The number of nitro groups is 1. The van der Waals surface area contributed by atoms with Crippen LogP contribution >= 0.6 is 24.4 Å². The molecule has 0 radical (unpaired) electrons. The van der Waals surface area contributed by atoms with Crippen LogP contribution in [0, 0.1) is 15.9 Å². The van der Waals surface area contributed by atoms with E-state index in [0.717, 1.165) is 5.57 Å². The van der Waals surface area contributed by atoms with Crippen molar-refractivity contribution in [1.82, 2.24) is 10.2 Å². The number of nitrogens with one attached hydrogen (secondary N) is 1. The molecule has 34 heavy (non-hydrogen) atoms. The van der Waals surface area contributed by atoms with Gasteiger partial charge in [0, 0.05) is 18.7 Å². The zero-order valence-electron chi connectivity index (χ0n) is 18.2. The molecule has 1 fully saturated rings. The second-order valence-corrected chi connectivity index (χ2v) is 8.84. The number of halogens is 1. The van der Waals surface area contributed by atoms with Crippen LogP contribution in [0.2, 0.25) is 0 Å². The summed E-state index contributed by atoms with van der Waals surface area (Å²) in [6, 6.07) is 7.41. The van der Waals surface area contributed by atoms with Gasteiger partial charge >= 0.3 is 12.0 Å². The van der Waals surface area contributed by atoms with Crippen LogP contribution in [0.4, 0.5) is 20.8 Å². The maximum atomic E-state index is 15.0. The van der Waals surface area contributed by atoms with Crippen molar-refractivity contribution < 1.29 is 23.3 Å². The normalized spacial score (nSPS) is 17.9. The van der Waals surface area contributed by atoms with Gasteiger partial charge < -0.3 is 19.4 Å². The number of hydrogen-bond donors (Lipinski definition) is 1. The van der Waals surface area contributed by atoms with Crippen LogP contribution < -0.4 is 10.2 Å². The highest BCUT2D eigenvalue weighted by Gasteiger charge is 2.33. The fraction of sp³-hybridized carbons (Fsp3) is 0.318.